The molecule has 4 nitrogen and oxygen atoms in total. The lowest BCUT2D eigenvalue weighted by atomic mass is 10.0. The number of halogens is 2. The second-order valence-corrected chi connectivity index (χ2v) is 6.41. The Morgan fingerprint density at radius 2 is 2.26 bits per heavy atom. The molecule has 1 aliphatic heterocycles. The van der Waals surface area contributed by atoms with E-state index in [1.54, 1.807) is 11.0 Å². The highest BCUT2D eigenvalue weighted by molar-refractivity contribution is 9.10. The Hall–Kier alpha value is -1.69. The zero-order chi connectivity index (χ0) is 16.8. The standard InChI is InChI=1S/C17H20BrFN2O2/c1-13(23)21(17-11-14(19)7-8-16(17)18)10-4-6-15-5-2-3-9-20(15)12-22/h4,6-8,11-12,15H,2-3,5,9-10H2,1H3/b6-4+. The van der Waals surface area contributed by atoms with Crippen LogP contribution in [0, 0.1) is 5.82 Å². The molecule has 6 heteroatoms. The van der Waals surface area contributed by atoms with Crippen molar-refractivity contribution in [3.8, 4) is 0 Å². The van der Waals surface area contributed by atoms with Gasteiger partial charge in [0.15, 0.2) is 0 Å². The predicted octanol–water partition coefficient (Wildman–Crippen LogP) is 3.51. The van der Waals surface area contributed by atoms with E-state index in [1.807, 2.05) is 12.2 Å². The van der Waals surface area contributed by atoms with Crippen molar-refractivity contribution in [3.05, 3.63) is 40.6 Å². The summed E-state index contributed by atoms with van der Waals surface area (Å²) in [5.41, 5.74) is 0.498. The smallest absolute Gasteiger partial charge is 0.224 e. The highest BCUT2D eigenvalue weighted by Gasteiger charge is 2.19. The molecular weight excluding hydrogens is 363 g/mol. The number of hydrogen-bond donors (Lipinski definition) is 0. The maximum Gasteiger partial charge on any atom is 0.224 e. The van der Waals surface area contributed by atoms with Crippen molar-refractivity contribution >= 4 is 33.9 Å². The van der Waals surface area contributed by atoms with Gasteiger partial charge in [0.05, 0.1) is 5.69 Å². The fourth-order valence-corrected chi connectivity index (χ4v) is 3.19. The van der Waals surface area contributed by atoms with E-state index < -0.39 is 5.82 Å². The molecule has 23 heavy (non-hydrogen) atoms. The predicted molar refractivity (Wildman–Crippen MR) is 91.7 cm³/mol. The highest BCUT2D eigenvalue weighted by Crippen LogP contribution is 2.27. The van der Waals surface area contributed by atoms with Crippen molar-refractivity contribution < 1.29 is 14.0 Å². The molecule has 0 spiro atoms. The lowest BCUT2D eigenvalue weighted by Gasteiger charge is -2.30. The summed E-state index contributed by atoms with van der Waals surface area (Å²) >= 11 is 3.35. The van der Waals surface area contributed by atoms with E-state index in [1.165, 1.54) is 24.0 Å². The largest absolute Gasteiger partial charge is 0.339 e. The summed E-state index contributed by atoms with van der Waals surface area (Å²) in [5, 5.41) is 0. The number of carbonyl (C=O) groups excluding carboxylic acids is 2. The van der Waals surface area contributed by atoms with Crippen LogP contribution in [-0.2, 0) is 9.59 Å². The number of hydrogen-bond acceptors (Lipinski definition) is 2. The normalized spacial score (nSPS) is 18.2. The van der Waals surface area contributed by atoms with E-state index in [0.29, 0.717) is 16.7 Å². The quantitative estimate of drug-likeness (QED) is 0.577. The first-order valence-corrected chi connectivity index (χ1v) is 8.43. The van der Waals surface area contributed by atoms with Crippen molar-refractivity contribution in [2.45, 2.75) is 32.2 Å². The average molecular weight is 383 g/mol. The van der Waals surface area contributed by atoms with Crippen LogP contribution in [-0.4, -0.2) is 36.3 Å². The molecular formula is C17H20BrFN2O2. The van der Waals surface area contributed by atoms with Gasteiger partial charge in [-0.1, -0.05) is 12.2 Å². The van der Waals surface area contributed by atoms with Crippen molar-refractivity contribution in [3.63, 3.8) is 0 Å². The molecule has 1 fully saturated rings. The van der Waals surface area contributed by atoms with Gasteiger partial charge in [0, 0.05) is 30.5 Å². The van der Waals surface area contributed by atoms with E-state index >= 15 is 0 Å². The number of piperidine rings is 1. The van der Waals surface area contributed by atoms with Gasteiger partial charge in [0.25, 0.3) is 0 Å². The minimum absolute atomic E-state index is 0.0750. The maximum atomic E-state index is 13.5. The molecule has 1 atom stereocenters. The third-order valence-electron chi connectivity index (χ3n) is 3.95. The minimum atomic E-state index is -0.391. The van der Waals surface area contributed by atoms with Crippen LogP contribution in [0.25, 0.3) is 0 Å². The lowest BCUT2D eigenvalue weighted by molar-refractivity contribution is -0.120. The van der Waals surface area contributed by atoms with Crippen molar-refractivity contribution in [1.29, 1.82) is 0 Å². The Morgan fingerprint density at radius 1 is 1.48 bits per heavy atom. The van der Waals surface area contributed by atoms with Crippen LogP contribution in [0.4, 0.5) is 10.1 Å². The third kappa shape index (κ3) is 4.64. The number of nitrogens with zero attached hydrogens (tertiary/aromatic N) is 2. The number of carbonyl (C=O) groups is 2. The molecule has 0 radical (unpaired) electrons. The summed E-state index contributed by atoms with van der Waals surface area (Å²) in [5.74, 6) is -0.560. The highest BCUT2D eigenvalue weighted by atomic mass is 79.9. The first kappa shape index (κ1) is 17.7. The number of likely N-dealkylation sites (tertiary alicyclic amines) is 1. The number of benzene rings is 1. The third-order valence-corrected chi connectivity index (χ3v) is 4.62. The van der Waals surface area contributed by atoms with Crippen LogP contribution in [0.5, 0.6) is 0 Å². The molecule has 0 aromatic heterocycles. The van der Waals surface area contributed by atoms with Crippen LogP contribution in [0.1, 0.15) is 26.2 Å². The van der Waals surface area contributed by atoms with Gasteiger partial charge in [0.1, 0.15) is 5.82 Å². The number of amides is 2. The number of anilines is 1. The summed E-state index contributed by atoms with van der Waals surface area (Å²) in [6, 6.07) is 4.33. The van der Waals surface area contributed by atoms with Crippen molar-refractivity contribution in [1.82, 2.24) is 4.90 Å². The van der Waals surface area contributed by atoms with Gasteiger partial charge in [-0.2, -0.15) is 0 Å². The zero-order valence-electron chi connectivity index (χ0n) is 13.0. The molecule has 2 amide bonds. The molecule has 0 saturated carbocycles. The van der Waals surface area contributed by atoms with E-state index in [9.17, 15) is 14.0 Å². The van der Waals surface area contributed by atoms with Crippen LogP contribution in [0.3, 0.4) is 0 Å². The summed E-state index contributed by atoms with van der Waals surface area (Å²) in [7, 11) is 0. The summed E-state index contributed by atoms with van der Waals surface area (Å²) in [6.07, 6.45) is 7.74. The Labute approximate surface area is 144 Å². The lowest BCUT2D eigenvalue weighted by Crippen LogP contribution is -2.37. The van der Waals surface area contributed by atoms with Crippen LogP contribution in [0.2, 0.25) is 0 Å². The van der Waals surface area contributed by atoms with E-state index in [-0.39, 0.29) is 11.9 Å². The van der Waals surface area contributed by atoms with Gasteiger partial charge in [-0.25, -0.2) is 4.39 Å². The Bertz CT molecular complexity index is 606. The molecule has 1 unspecified atom stereocenters. The average Bonchev–Trinajstić information content (AvgIpc) is 2.54. The van der Waals surface area contributed by atoms with Gasteiger partial charge in [-0.15, -0.1) is 0 Å². The Kier molecular flexibility index (Phi) is 6.33. The molecule has 1 aliphatic rings. The van der Waals surface area contributed by atoms with Crippen LogP contribution < -0.4 is 4.90 Å². The van der Waals surface area contributed by atoms with Gasteiger partial charge >= 0.3 is 0 Å². The van der Waals surface area contributed by atoms with Crippen molar-refractivity contribution in [2.75, 3.05) is 18.0 Å². The fraction of sp³-hybridized carbons (Fsp3) is 0.412. The molecule has 124 valence electrons. The minimum Gasteiger partial charge on any atom is -0.339 e. The Morgan fingerprint density at radius 3 is 2.96 bits per heavy atom. The molecule has 1 aromatic carbocycles. The summed E-state index contributed by atoms with van der Waals surface area (Å²) in [4.78, 5) is 26.2. The van der Waals surface area contributed by atoms with E-state index in [0.717, 1.165) is 32.2 Å². The zero-order valence-corrected chi connectivity index (χ0v) is 14.6. The van der Waals surface area contributed by atoms with Gasteiger partial charge in [-0.05, 0) is 53.4 Å². The molecule has 0 aliphatic carbocycles. The fourth-order valence-electron chi connectivity index (χ4n) is 2.73. The van der Waals surface area contributed by atoms with Crippen LogP contribution in [0.15, 0.2) is 34.8 Å². The van der Waals surface area contributed by atoms with E-state index in [4.69, 9.17) is 0 Å². The molecule has 1 saturated heterocycles. The number of rotatable bonds is 5. The van der Waals surface area contributed by atoms with Gasteiger partial charge in [-0.3, -0.25) is 9.59 Å². The molecule has 0 N–H and O–H groups in total. The molecule has 2 rings (SSSR count). The van der Waals surface area contributed by atoms with E-state index in [2.05, 4.69) is 15.9 Å². The first-order valence-electron chi connectivity index (χ1n) is 7.64. The maximum absolute atomic E-state index is 13.5. The van der Waals surface area contributed by atoms with Gasteiger partial charge in [0.2, 0.25) is 12.3 Å². The topological polar surface area (TPSA) is 40.6 Å². The second kappa shape index (κ2) is 8.24. The first-order chi connectivity index (χ1) is 11.0. The van der Waals surface area contributed by atoms with Crippen molar-refractivity contribution in [2.24, 2.45) is 0 Å². The van der Waals surface area contributed by atoms with Gasteiger partial charge < -0.3 is 9.80 Å². The second-order valence-electron chi connectivity index (χ2n) is 5.56. The SMILES string of the molecule is CC(=O)N(C/C=C/C1CCCCN1C=O)c1cc(F)ccc1Br. The summed E-state index contributed by atoms with van der Waals surface area (Å²) < 4.78 is 14.1. The monoisotopic (exact) mass is 382 g/mol. The summed E-state index contributed by atoms with van der Waals surface area (Å²) in [6.45, 7) is 2.55. The Balaban J connectivity index is 2.11. The van der Waals surface area contributed by atoms with Crippen LogP contribution >= 0.6 is 15.9 Å². The molecule has 0 bridgehead atoms. The molecule has 1 aromatic rings. The molecule has 1 heterocycles.